The Morgan fingerprint density at radius 1 is 1.22 bits per heavy atom. The molecule has 5 nitrogen and oxygen atoms in total. The van der Waals surface area contributed by atoms with Gasteiger partial charge < -0.3 is 4.74 Å². The molecule has 1 N–H and O–H groups in total. The van der Waals surface area contributed by atoms with Crippen molar-refractivity contribution in [3.05, 3.63) is 65.0 Å². The Morgan fingerprint density at radius 2 is 2.04 bits per heavy atom. The van der Waals surface area contributed by atoms with Gasteiger partial charge in [0.2, 0.25) is 5.13 Å². The van der Waals surface area contributed by atoms with Crippen molar-refractivity contribution in [3.63, 3.8) is 0 Å². The monoisotopic (exact) mass is 403 g/mol. The van der Waals surface area contributed by atoms with E-state index in [1.165, 1.54) is 29.2 Å². The summed E-state index contributed by atoms with van der Waals surface area (Å²) in [5, 5.41) is 11.0. The molecule has 0 bridgehead atoms. The smallest absolute Gasteiger partial charge is 0.264 e. The normalized spacial score (nSPS) is 10.6. The van der Waals surface area contributed by atoms with Crippen molar-refractivity contribution in [2.75, 3.05) is 11.9 Å². The Balaban J connectivity index is 1.50. The summed E-state index contributed by atoms with van der Waals surface area (Å²) in [6, 6.07) is 12.4. The molecule has 140 valence electrons. The van der Waals surface area contributed by atoms with Gasteiger partial charge in [0.15, 0.2) is 10.9 Å². The number of carbonyl (C=O) groups excluding carboxylic acids is 1. The van der Waals surface area contributed by atoms with Gasteiger partial charge in [0, 0.05) is 5.75 Å². The van der Waals surface area contributed by atoms with Crippen LogP contribution >= 0.6 is 23.1 Å². The van der Waals surface area contributed by atoms with Gasteiger partial charge in [-0.1, -0.05) is 53.4 Å². The molecule has 0 spiro atoms. The van der Waals surface area contributed by atoms with Gasteiger partial charge in [-0.25, -0.2) is 4.39 Å². The predicted octanol–water partition coefficient (Wildman–Crippen LogP) is 4.60. The van der Waals surface area contributed by atoms with Crippen molar-refractivity contribution < 1.29 is 13.9 Å². The fraction of sp³-hybridized carbons (Fsp3) is 0.211. The van der Waals surface area contributed by atoms with Crippen LogP contribution in [0.2, 0.25) is 0 Å². The van der Waals surface area contributed by atoms with Gasteiger partial charge in [-0.15, -0.1) is 10.2 Å². The minimum absolute atomic E-state index is 0.110. The molecule has 1 amide bonds. The number of hydrogen-bond donors (Lipinski definition) is 1. The lowest BCUT2D eigenvalue weighted by Gasteiger charge is -2.09. The summed E-state index contributed by atoms with van der Waals surface area (Å²) in [6.07, 6.45) is 0. The zero-order chi connectivity index (χ0) is 19.2. The highest BCUT2D eigenvalue weighted by Gasteiger charge is 2.11. The van der Waals surface area contributed by atoms with Crippen LogP contribution in [0, 0.1) is 19.7 Å². The SMILES string of the molecule is Cc1ccc(C)c(OCC(=O)Nc2nnc(SCc3ccccc3F)s2)c1. The van der Waals surface area contributed by atoms with Crippen molar-refractivity contribution in [2.45, 2.75) is 23.9 Å². The largest absolute Gasteiger partial charge is 0.483 e. The lowest BCUT2D eigenvalue weighted by Crippen LogP contribution is -2.20. The van der Waals surface area contributed by atoms with Gasteiger partial charge in [0.1, 0.15) is 11.6 Å². The number of nitrogens with zero attached hydrogens (tertiary/aromatic N) is 2. The average molecular weight is 404 g/mol. The molecule has 1 heterocycles. The topological polar surface area (TPSA) is 64.1 Å². The molecule has 0 radical (unpaired) electrons. The zero-order valence-electron chi connectivity index (χ0n) is 14.9. The van der Waals surface area contributed by atoms with E-state index in [1.54, 1.807) is 18.2 Å². The number of benzene rings is 2. The highest BCUT2D eigenvalue weighted by molar-refractivity contribution is 8.00. The Labute approximate surface area is 165 Å². The quantitative estimate of drug-likeness (QED) is 0.461. The van der Waals surface area contributed by atoms with Gasteiger partial charge in [0.05, 0.1) is 0 Å². The number of rotatable bonds is 7. The van der Waals surface area contributed by atoms with Crippen LogP contribution in [0.4, 0.5) is 9.52 Å². The number of thioether (sulfide) groups is 1. The van der Waals surface area contributed by atoms with E-state index in [2.05, 4.69) is 15.5 Å². The zero-order valence-corrected chi connectivity index (χ0v) is 16.5. The maximum atomic E-state index is 13.6. The van der Waals surface area contributed by atoms with Gasteiger partial charge in [-0.3, -0.25) is 10.1 Å². The molecule has 0 atom stereocenters. The lowest BCUT2D eigenvalue weighted by molar-refractivity contribution is -0.118. The van der Waals surface area contributed by atoms with Crippen molar-refractivity contribution in [3.8, 4) is 5.75 Å². The van der Waals surface area contributed by atoms with Gasteiger partial charge in [-0.2, -0.15) is 0 Å². The molecule has 8 heteroatoms. The average Bonchev–Trinajstić information content (AvgIpc) is 3.09. The van der Waals surface area contributed by atoms with E-state index in [9.17, 15) is 9.18 Å². The van der Waals surface area contributed by atoms with Crippen molar-refractivity contribution >= 4 is 34.1 Å². The maximum Gasteiger partial charge on any atom is 0.264 e. The standard InChI is InChI=1S/C19H18FN3O2S2/c1-12-7-8-13(2)16(9-12)25-10-17(24)21-18-22-23-19(27-18)26-11-14-5-3-4-6-15(14)20/h3-9H,10-11H2,1-2H3,(H,21,22,24). The number of nitrogens with one attached hydrogen (secondary N) is 1. The Kier molecular flexibility index (Phi) is 6.41. The van der Waals surface area contributed by atoms with Crippen molar-refractivity contribution in [1.82, 2.24) is 10.2 Å². The molecular formula is C19H18FN3O2S2. The molecule has 27 heavy (non-hydrogen) atoms. The van der Waals surface area contributed by atoms with Crippen LogP contribution in [0.15, 0.2) is 46.8 Å². The van der Waals surface area contributed by atoms with Crippen molar-refractivity contribution in [1.29, 1.82) is 0 Å². The first kappa shape index (κ1) is 19.3. The number of aromatic nitrogens is 2. The first-order chi connectivity index (χ1) is 13.0. The minimum atomic E-state index is -0.308. The molecule has 2 aromatic carbocycles. The molecule has 0 fully saturated rings. The number of ether oxygens (including phenoxy) is 1. The fourth-order valence-corrected chi connectivity index (χ4v) is 3.99. The van der Waals surface area contributed by atoms with Crippen LogP contribution in [0.3, 0.4) is 0 Å². The fourth-order valence-electron chi connectivity index (χ4n) is 2.24. The van der Waals surface area contributed by atoms with Crippen LogP contribution in [-0.2, 0) is 10.5 Å². The molecule has 3 aromatic rings. The van der Waals surface area contributed by atoms with E-state index in [-0.39, 0.29) is 18.3 Å². The third-order valence-electron chi connectivity index (χ3n) is 3.66. The van der Waals surface area contributed by atoms with E-state index in [4.69, 9.17) is 4.74 Å². The summed E-state index contributed by atoms with van der Waals surface area (Å²) in [4.78, 5) is 12.1. The molecule has 3 rings (SSSR count). The second-order valence-corrected chi connectivity index (χ2v) is 8.06. The number of halogens is 1. The summed E-state index contributed by atoms with van der Waals surface area (Å²) in [5.41, 5.74) is 2.64. The number of amides is 1. The highest BCUT2D eigenvalue weighted by atomic mass is 32.2. The minimum Gasteiger partial charge on any atom is -0.483 e. The Bertz CT molecular complexity index is 946. The van der Waals surface area contributed by atoms with Crippen LogP contribution in [0.1, 0.15) is 16.7 Å². The third kappa shape index (κ3) is 5.51. The third-order valence-corrected chi connectivity index (χ3v) is 5.69. The summed E-state index contributed by atoms with van der Waals surface area (Å²) in [7, 11) is 0. The van der Waals surface area contributed by atoms with E-state index in [0.29, 0.717) is 26.5 Å². The molecule has 0 saturated heterocycles. The Hall–Kier alpha value is -2.45. The van der Waals surface area contributed by atoms with Crippen LogP contribution in [-0.4, -0.2) is 22.7 Å². The molecule has 0 saturated carbocycles. The number of anilines is 1. The molecule has 0 aliphatic carbocycles. The highest BCUT2D eigenvalue weighted by Crippen LogP contribution is 2.29. The second-order valence-electron chi connectivity index (χ2n) is 5.86. The van der Waals surface area contributed by atoms with Gasteiger partial charge >= 0.3 is 0 Å². The number of hydrogen-bond acceptors (Lipinski definition) is 6. The Morgan fingerprint density at radius 3 is 2.85 bits per heavy atom. The molecule has 1 aromatic heterocycles. The van der Waals surface area contributed by atoms with Crippen LogP contribution in [0.25, 0.3) is 0 Å². The summed E-state index contributed by atoms with van der Waals surface area (Å²) < 4.78 is 19.9. The van der Waals surface area contributed by atoms with E-state index < -0.39 is 0 Å². The van der Waals surface area contributed by atoms with Crippen LogP contribution in [0.5, 0.6) is 5.75 Å². The predicted molar refractivity (Wildman–Crippen MR) is 106 cm³/mol. The van der Waals surface area contributed by atoms with E-state index >= 15 is 0 Å². The van der Waals surface area contributed by atoms with E-state index in [0.717, 1.165) is 11.1 Å². The number of aryl methyl sites for hydroxylation is 2. The van der Waals surface area contributed by atoms with Gasteiger partial charge in [-0.05, 0) is 42.7 Å². The van der Waals surface area contributed by atoms with Gasteiger partial charge in [0.25, 0.3) is 5.91 Å². The lowest BCUT2D eigenvalue weighted by atomic mass is 10.1. The first-order valence-electron chi connectivity index (χ1n) is 8.21. The summed E-state index contributed by atoms with van der Waals surface area (Å²) >= 11 is 2.62. The van der Waals surface area contributed by atoms with Crippen molar-refractivity contribution in [2.24, 2.45) is 0 Å². The number of carbonyl (C=O) groups is 1. The molecule has 0 unspecified atom stereocenters. The summed E-state index contributed by atoms with van der Waals surface area (Å²) in [6.45, 7) is 3.78. The summed E-state index contributed by atoms with van der Waals surface area (Å²) in [5.74, 6) is 0.582. The maximum absolute atomic E-state index is 13.6. The first-order valence-corrected chi connectivity index (χ1v) is 10.0. The molecule has 0 aliphatic rings. The second kappa shape index (κ2) is 8.96. The van der Waals surface area contributed by atoms with Crippen LogP contribution < -0.4 is 10.1 Å². The molecular weight excluding hydrogens is 385 g/mol. The van der Waals surface area contributed by atoms with E-state index in [1.807, 2.05) is 32.0 Å². The molecule has 0 aliphatic heterocycles.